The van der Waals surface area contributed by atoms with Crippen molar-refractivity contribution in [1.82, 2.24) is 15.0 Å². The lowest BCUT2D eigenvalue weighted by atomic mass is 10.2. The topological polar surface area (TPSA) is 73.9 Å². The quantitative estimate of drug-likeness (QED) is 0.874. The van der Waals surface area contributed by atoms with Gasteiger partial charge in [0.15, 0.2) is 5.75 Å². The number of hydrogen-bond acceptors (Lipinski definition) is 5. The van der Waals surface area contributed by atoms with Gasteiger partial charge in [-0.1, -0.05) is 6.92 Å². The van der Waals surface area contributed by atoms with E-state index in [1.54, 1.807) is 6.92 Å². The van der Waals surface area contributed by atoms with Crippen LogP contribution in [0.25, 0.3) is 0 Å². The minimum absolute atomic E-state index is 0.111. The highest BCUT2D eigenvalue weighted by Crippen LogP contribution is 2.29. The molecule has 19 heavy (non-hydrogen) atoms. The normalized spacial score (nSPS) is 10.5. The third kappa shape index (κ3) is 2.93. The maximum Gasteiger partial charge on any atom is 0.247 e. The van der Waals surface area contributed by atoms with Crippen LogP contribution in [0.4, 0.5) is 5.69 Å². The van der Waals surface area contributed by atoms with Crippen LogP contribution in [0.3, 0.4) is 0 Å². The van der Waals surface area contributed by atoms with E-state index in [1.165, 1.54) is 0 Å². The molecule has 5 nitrogen and oxygen atoms in total. The SMILES string of the molecule is CCc1nc(C)ccc1Oc1nc(Cl)nc(C)c1N. The first-order chi connectivity index (χ1) is 9.01. The zero-order valence-corrected chi connectivity index (χ0v) is 11.8. The maximum atomic E-state index is 5.89. The summed E-state index contributed by atoms with van der Waals surface area (Å²) in [6.07, 6.45) is 0.759. The fourth-order valence-corrected chi connectivity index (χ4v) is 1.85. The van der Waals surface area contributed by atoms with Crippen molar-refractivity contribution < 1.29 is 4.74 Å². The van der Waals surface area contributed by atoms with Gasteiger partial charge < -0.3 is 10.5 Å². The molecule has 2 rings (SSSR count). The van der Waals surface area contributed by atoms with Gasteiger partial charge in [-0.25, -0.2) is 4.98 Å². The molecule has 0 saturated heterocycles. The van der Waals surface area contributed by atoms with E-state index in [-0.39, 0.29) is 11.2 Å². The molecule has 0 saturated carbocycles. The van der Waals surface area contributed by atoms with E-state index >= 15 is 0 Å². The molecule has 100 valence electrons. The molecule has 2 aromatic heterocycles. The first-order valence-electron chi connectivity index (χ1n) is 5.95. The molecule has 0 radical (unpaired) electrons. The molecule has 0 amide bonds. The van der Waals surface area contributed by atoms with Gasteiger partial charge in [-0.2, -0.15) is 4.98 Å². The smallest absolute Gasteiger partial charge is 0.247 e. The highest BCUT2D eigenvalue weighted by Gasteiger charge is 2.12. The van der Waals surface area contributed by atoms with E-state index in [0.717, 1.165) is 17.8 Å². The Kier molecular flexibility index (Phi) is 3.85. The number of hydrogen-bond donors (Lipinski definition) is 1. The number of rotatable bonds is 3. The highest BCUT2D eigenvalue weighted by molar-refractivity contribution is 6.28. The van der Waals surface area contributed by atoms with Crippen LogP contribution in [0.1, 0.15) is 24.0 Å². The van der Waals surface area contributed by atoms with Crippen LogP contribution in [-0.4, -0.2) is 15.0 Å². The summed E-state index contributed by atoms with van der Waals surface area (Å²) in [4.78, 5) is 12.4. The lowest BCUT2D eigenvalue weighted by Gasteiger charge is -2.11. The van der Waals surface area contributed by atoms with Crippen molar-refractivity contribution in [3.05, 3.63) is 34.5 Å². The van der Waals surface area contributed by atoms with Crippen LogP contribution in [-0.2, 0) is 6.42 Å². The van der Waals surface area contributed by atoms with Gasteiger partial charge in [0.2, 0.25) is 11.2 Å². The summed E-state index contributed by atoms with van der Waals surface area (Å²) in [5.41, 5.74) is 8.66. The number of nitrogen functional groups attached to an aromatic ring is 1. The Morgan fingerprint density at radius 3 is 2.63 bits per heavy atom. The zero-order chi connectivity index (χ0) is 14.0. The molecule has 2 heterocycles. The second-order valence-corrected chi connectivity index (χ2v) is 4.49. The fraction of sp³-hybridized carbons (Fsp3) is 0.308. The Balaban J connectivity index is 2.41. The third-order valence-corrected chi connectivity index (χ3v) is 2.86. The van der Waals surface area contributed by atoms with Gasteiger partial charge in [-0.15, -0.1) is 0 Å². The minimum atomic E-state index is 0.111. The summed E-state index contributed by atoms with van der Waals surface area (Å²) in [6, 6.07) is 3.73. The molecule has 6 heteroatoms. The van der Waals surface area contributed by atoms with Gasteiger partial charge in [0.05, 0.1) is 11.4 Å². The number of nitrogens with two attached hydrogens (primary N) is 1. The van der Waals surface area contributed by atoms with Gasteiger partial charge in [0.1, 0.15) is 5.69 Å². The Bertz CT molecular complexity index is 616. The predicted molar refractivity (Wildman–Crippen MR) is 74.6 cm³/mol. The van der Waals surface area contributed by atoms with E-state index in [0.29, 0.717) is 17.1 Å². The van der Waals surface area contributed by atoms with Crippen molar-refractivity contribution >= 4 is 17.3 Å². The van der Waals surface area contributed by atoms with Crippen molar-refractivity contribution in [3.63, 3.8) is 0 Å². The number of pyridine rings is 1. The maximum absolute atomic E-state index is 5.89. The van der Waals surface area contributed by atoms with Crippen LogP contribution < -0.4 is 10.5 Å². The van der Waals surface area contributed by atoms with Crippen LogP contribution in [0.5, 0.6) is 11.6 Å². The Morgan fingerprint density at radius 1 is 1.21 bits per heavy atom. The molecule has 0 bridgehead atoms. The summed E-state index contributed by atoms with van der Waals surface area (Å²) in [5, 5.41) is 0.111. The number of nitrogens with zero attached hydrogens (tertiary/aromatic N) is 3. The van der Waals surface area contributed by atoms with Gasteiger partial charge >= 0.3 is 0 Å². The number of ether oxygens (including phenoxy) is 1. The van der Waals surface area contributed by atoms with E-state index in [1.807, 2.05) is 26.0 Å². The predicted octanol–water partition coefficient (Wildman–Crippen LogP) is 3.08. The molecule has 0 aliphatic carbocycles. The van der Waals surface area contributed by atoms with Crippen molar-refractivity contribution in [2.24, 2.45) is 0 Å². The van der Waals surface area contributed by atoms with Crippen LogP contribution in [0, 0.1) is 13.8 Å². The third-order valence-electron chi connectivity index (χ3n) is 2.69. The molecule has 2 N–H and O–H groups in total. The molecule has 0 fully saturated rings. The van der Waals surface area contributed by atoms with Crippen LogP contribution >= 0.6 is 11.6 Å². The van der Waals surface area contributed by atoms with Gasteiger partial charge in [-0.05, 0) is 44.0 Å². The summed E-state index contributed by atoms with van der Waals surface area (Å²) in [6.45, 7) is 5.70. The molecule has 0 aromatic carbocycles. The van der Waals surface area contributed by atoms with Crippen molar-refractivity contribution in [3.8, 4) is 11.6 Å². The van der Waals surface area contributed by atoms with Gasteiger partial charge in [0.25, 0.3) is 0 Å². The first kappa shape index (κ1) is 13.5. The lowest BCUT2D eigenvalue weighted by molar-refractivity contribution is 0.455. The summed E-state index contributed by atoms with van der Waals surface area (Å²) >= 11 is 5.81. The van der Waals surface area contributed by atoms with E-state index in [9.17, 15) is 0 Å². The average molecular weight is 279 g/mol. The molecule has 2 aromatic rings. The molecule has 0 atom stereocenters. The molecule has 0 spiro atoms. The summed E-state index contributed by atoms with van der Waals surface area (Å²) < 4.78 is 5.72. The fourth-order valence-electron chi connectivity index (χ4n) is 1.65. The number of halogens is 1. The number of aromatic nitrogens is 3. The second-order valence-electron chi connectivity index (χ2n) is 4.15. The van der Waals surface area contributed by atoms with E-state index in [2.05, 4.69) is 15.0 Å². The average Bonchev–Trinajstić information content (AvgIpc) is 2.37. The largest absolute Gasteiger partial charge is 0.435 e. The van der Waals surface area contributed by atoms with E-state index < -0.39 is 0 Å². The van der Waals surface area contributed by atoms with Gasteiger partial charge in [-0.3, -0.25) is 4.98 Å². The van der Waals surface area contributed by atoms with Crippen LogP contribution in [0.15, 0.2) is 12.1 Å². The van der Waals surface area contributed by atoms with Crippen molar-refractivity contribution in [2.45, 2.75) is 27.2 Å². The minimum Gasteiger partial charge on any atom is -0.435 e. The molecule has 0 unspecified atom stereocenters. The molecule has 0 aliphatic rings. The number of anilines is 1. The Morgan fingerprint density at radius 2 is 1.95 bits per heavy atom. The summed E-state index contributed by atoms with van der Waals surface area (Å²) in [7, 11) is 0. The zero-order valence-electron chi connectivity index (χ0n) is 11.1. The summed E-state index contributed by atoms with van der Waals surface area (Å²) in [5.74, 6) is 0.895. The van der Waals surface area contributed by atoms with E-state index in [4.69, 9.17) is 22.1 Å². The Labute approximate surface area is 116 Å². The molecule has 0 aliphatic heterocycles. The van der Waals surface area contributed by atoms with Crippen molar-refractivity contribution in [2.75, 3.05) is 5.73 Å². The molecular formula is C13H15ClN4O. The monoisotopic (exact) mass is 278 g/mol. The molecular weight excluding hydrogens is 264 g/mol. The standard InChI is InChI=1S/C13H15ClN4O/c1-4-9-10(6-5-7(2)16-9)19-12-11(15)8(3)17-13(14)18-12/h5-6H,4,15H2,1-3H3. The Hall–Kier alpha value is -1.88. The second kappa shape index (κ2) is 5.40. The first-order valence-corrected chi connectivity index (χ1v) is 6.33. The van der Waals surface area contributed by atoms with Gasteiger partial charge in [0, 0.05) is 5.69 Å². The highest BCUT2D eigenvalue weighted by atomic mass is 35.5. The lowest BCUT2D eigenvalue weighted by Crippen LogP contribution is -2.03. The number of aryl methyl sites for hydroxylation is 3. The van der Waals surface area contributed by atoms with Crippen LogP contribution in [0.2, 0.25) is 5.28 Å². The van der Waals surface area contributed by atoms with Crippen molar-refractivity contribution in [1.29, 1.82) is 0 Å².